The summed E-state index contributed by atoms with van der Waals surface area (Å²) in [7, 11) is -2.43. The molecule has 8 heteroatoms. The number of sulfonamides is 1. The van der Waals surface area contributed by atoms with Gasteiger partial charge in [0.2, 0.25) is 0 Å². The largest absolute Gasteiger partial charge is 0.550 e. The second kappa shape index (κ2) is 6.89. The van der Waals surface area contributed by atoms with E-state index in [2.05, 4.69) is 4.72 Å². The molecule has 0 aliphatic rings. The maximum absolute atomic E-state index is 12.3. The lowest BCUT2D eigenvalue weighted by Crippen LogP contribution is -2.24. The molecular formula is C15H13ClNO5S-. The van der Waals surface area contributed by atoms with Crippen molar-refractivity contribution in [2.45, 2.75) is 11.3 Å². The number of rotatable bonds is 6. The summed E-state index contributed by atoms with van der Waals surface area (Å²) in [5, 5.41) is 10.8. The minimum absolute atomic E-state index is 0.00226. The molecule has 2 aromatic carbocycles. The molecule has 1 N–H and O–H groups in total. The normalized spacial score (nSPS) is 11.0. The van der Waals surface area contributed by atoms with E-state index in [4.69, 9.17) is 16.3 Å². The maximum Gasteiger partial charge on any atom is 0.262 e. The van der Waals surface area contributed by atoms with Gasteiger partial charge in [0, 0.05) is 24.1 Å². The highest BCUT2D eigenvalue weighted by atomic mass is 35.5. The number of carbonyl (C=O) groups is 1. The van der Waals surface area contributed by atoms with Crippen molar-refractivity contribution in [3.63, 3.8) is 0 Å². The number of benzene rings is 2. The molecule has 0 radical (unpaired) electrons. The van der Waals surface area contributed by atoms with Gasteiger partial charge in [-0.15, -0.1) is 0 Å². The molecule has 0 atom stereocenters. The average Bonchev–Trinajstić information content (AvgIpc) is 2.48. The average molecular weight is 355 g/mol. The summed E-state index contributed by atoms with van der Waals surface area (Å²) in [5.74, 6) is -0.953. The number of ether oxygens (including phenoxy) is 1. The molecule has 0 unspecified atom stereocenters. The van der Waals surface area contributed by atoms with Gasteiger partial charge in [-0.1, -0.05) is 23.7 Å². The van der Waals surface area contributed by atoms with Gasteiger partial charge in [0.15, 0.2) is 0 Å². The topological polar surface area (TPSA) is 95.5 Å². The first-order chi connectivity index (χ1) is 10.8. The molecule has 0 aliphatic heterocycles. The SMILES string of the molecule is COc1cc(S(=O)(=O)Nc2ccc(CC(=O)[O-])cc2)ccc1Cl. The first-order valence-electron chi connectivity index (χ1n) is 6.47. The number of carboxylic acids is 1. The van der Waals surface area contributed by atoms with Gasteiger partial charge in [-0.3, -0.25) is 4.72 Å². The highest BCUT2D eigenvalue weighted by Gasteiger charge is 2.16. The zero-order valence-corrected chi connectivity index (χ0v) is 13.6. The van der Waals surface area contributed by atoms with Crippen LogP contribution in [0.15, 0.2) is 47.4 Å². The maximum atomic E-state index is 12.3. The number of carbonyl (C=O) groups excluding carboxylic acids is 1. The number of hydrogen-bond donors (Lipinski definition) is 1. The number of hydrogen-bond acceptors (Lipinski definition) is 5. The van der Waals surface area contributed by atoms with Gasteiger partial charge in [-0.2, -0.15) is 0 Å². The summed E-state index contributed by atoms with van der Waals surface area (Å²) in [6.07, 6.45) is -0.235. The highest BCUT2D eigenvalue weighted by Crippen LogP contribution is 2.28. The molecule has 6 nitrogen and oxygen atoms in total. The molecule has 2 aromatic rings. The summed E-state index contributed by atoms with van der Waals surface area (Å²) in [6.45, 7) is 0. The molecule has 23 heavy (non-hydrogen) atoms. The van der Waals surface area contributed by atoms with Crippen LogP contribution in [0.3, 0.4) is 0 Å². The Hall–Kier alpha value is -2.25. The second-order valence-corrected chi connectivity index (χ2v) is 6.74. The second-order valence-electron chi connectivity index (χ2n) is 4.65. The first-order valence-corrected chi connectivity index (χ1v) is 8.33. The smallest absolute Gasteiger partial charge is 0.262 e. The Morgan fingerprint density at radius 3 is 2.43 bits per heavy atom. The summed E-state index contributed by atoms with van der Waals surface area (Å²) < 4.78 is 32.1. The van der Waals surface area contributed by atoms with Crippen LogP contribution in [-0.4, -0.2) is 21.5 Å². The number of anilines is 1. The summed E-state index contributed by atoms with van der Waals surface area (Å²) in [6, 6.07) is 10.1. The molecular weight excluding hydrogens is 342 g/mol. The van der Waals surface area contributed by atoms with Crippen LogP contribution < -0.4 is 14.6 Å². The molecule has 0 saturated carbocycles. The monoisotopic (exact) mass is 354 g/mol. The predicted molar refractivity (Wildman–Crippen MR) is 84.0 cm³/mol. The fraction of sp³-hybridized carbons (Fsp3) is 0.133. The van der Waals surface area contributed by atoms with Crippen molar-refractivity contribution in [2.75, 3.05) is 11.8 Å². The Morgan fingerprint density at radius 1 is 1.22 bits per heavy atom. The summed E-state index contributed by atoms with van der Waals surface area (Å²) >= 11 is 5.87. The van der Waals surface area contributed by atoms with Crippen molar-refractivity contribution in [1.82, 2.24) is 0 Å². The third kappa shape index (κ3) is 4.37. The predicted octanol–water partition coefficient (Wildman–Crippen LogP) is 1.44. The quantitative estimate of drug-likeness (QED) is 0.846. The Kier molecular flexibility index (Phi) is 5.12. The van der Waals surface area contributed by atoms with Crippen LogP contribution >= 0.6 is 11.6 Å². The fourth-order valence-electron chi connectivity index (χ4n) is 1.88. The zero-order valence-electron chi connectivity index (χ0n) is 12.1. The number of aliphatic carboxylic acids is 1. The molecule has 0 amide bonds. The van der Waals surface area contributed by atoms with E-state index < -0.39 is 16.0 Å². The van der Waals surface area contributed by atoms with Crippen molar-refractivity contribution in [3.05, 3.63) is 53.1 Å². The van der Waals surface area contributed by atoms with Crippen LogP contribution in [-0.2, 0) is 21.2 Å². The first kappa shape index (κ1) is 17.1. The molecule has 0 bridgehead atoms. The molecule has 2 rings (SSSR count). The van der Waals surface area contributed by atoms with Crippen molar-refractivity contribution in [1.29, 1.82) is 0 Å². The number of carboxylic acid groups (broad SMARTS) is 1. The van der Waals surface area contributed by atoms with Crippen LogP contribution in [0.1, 0.15) is 5.56 Å². The van der Waals surface area contributed by atoms with Gasteiger partial charge in [-0.25, -0.2) is 8.42 Å². The zero-order chi connectivity index (χ0) is 17.0. The van der Waals surface area contributed by atoms with E-state index >= 15 is 0 Å². The van der Waals surface area contributed by atoms with Crippen LogP contribution in [0, 0.1) is 0 Å². The van der Waals surface area contributed by atoms with E-state index in [0.29, 0.717) is 16.3 Å². The van der Waals surface area contributed by atoms with Crippen molar-refractivity contribution in [2.24, 2.45) is 0 Å². The molecule has 122 valence electrons. The molecule has 0 saturated heterocycles. The number of nitrogens with one attached hydrogen (secondary N) is 1. The third-order valence-corrected chi connectivity index (χ3v) is 4.68. The molecule has 0 fully saturated rings. The van der Waals surface area contributed by atoms with Gasteiger partial charge in [0.1, 0.15) is 5.75 Å². The lowest BCUT2D eigenvalue weighted by Gasteiger charge is -2.11. The summed E-state index contributed by atoms with van der Waals surface area (Å²) in [5.41, 5.74) is 0.821. The van der Waals surface area contributed by atoms with Gasteiger partial charge in [-0.05, 0) is 29.8 Å². The van der Waals surface area contributed by atoms with Crippen LogP contribution in [0.2, 0.25) is 5.02 Å². The Bertz CT molecular complexity index is 818. The standard InChI is InChI=1S/C15H14ClNO5S/c1-22-14-9-12(6-7-13(14)16)23(20,21)17-11-4-2-10(3-5-11)8-15(18)19/h2-7,9,17H,8H2,1H3,(H,18,19)/p-1. The van der Waals surface area contributed by atoms with E-state index in [1.165, 1.54) is 49.6 Å². The van der Waals surface area contributed by atoms with Gasteiger partial charge in [0.05, 0.1) is 17.0 Å². The Balaban J connectivity index is 2.22. The van der Waals surface area contributed by atoms with Crippen molar-refractivity contribution >= 4 is 33.3 Å². The Morgan fingerprint density at radius 2 is 1.87 bits per heavy atom. The van der Waals surface area contributed by atoms with E-state index in [9.17, 15) is 18.3 Å². The van der Waals surface area contributed by atoms with E-state index in [-0.39, 0.29) is 17.1 Å². The van der Waals surface area contributed by atoms with Gasteiger partial charge >= 0.3 is 0 Å². The van der Waals surface area contributed by atoms with E-state index in [0.717, 1.165) is 0 Å². The fourth-order valence-corrected chi connectivity index (χ4v) is 3.15. The van der Waals surface area contributed by atoms with Crippen LogP contribution in [0.4, 0.5) is 5.69 Å². The molecule has 0 aromatic heterocycles. The third-order valence-electron chi connectivity index (χ3n) is 2.99. The van der Waals surface area contributed by atoms with E-state index in [1.807, 2.05) is 0 Å². The van der Waals surface area contributed by atoms with E-state index in [1.54, 1.807) is 0 Å². The van der Waals surface area contributed by atoms with Crippen molar-refractivity contribution in [3.8, 4) is 5.75 Å². The van der Waals surface area contributed by atoms with Gasteiger partial charge < -0.3 is 14.6 Å². The number of halogens is 1. The molecule has 0 spiro atoms. The lowest BCUT2D eigenvalue weighted by atomic mass is 10.1. The molecule has 0 aliphatic carbocycles. The van der Waals surface area contributed by atoms with Gasteiger partial charge in [0.25, 0.3) is 10.0 Å². The lowest BCUT2D eigenvalue weighted by molar-refractivity contribution is -0.304. The van der Waals surface area contributed by atoms with Crippen molar-refractivity contribution < 1.29 is 23.1 Å². The summed E-state index contributed by atoms with van der Waals surface area (Å²) in [4.78, 5) is 10.5. The highest BCUT2D eigenvalue weighted by molar-refractivity contribution is 7.92. The minimum Gasteiger partial charge on any atom is -0.550 e. The van der Waals surface area contributed by atoms with Crippen LogP contribution in [0.5, 0.6) is 5.75 Å². The Labute approximate surface area is 138 Å². The van der Waals surface area contributed by atoms with Crippen LogP contribution in [0.25, 0.3) is 0 Å². The molecule has 0 heterocycles. The minimum atomic E-state index is -3.82. The number of methoxy groups -OCH3 is 1.